The zero-order chi connectivity index (χ0) is 19.9. The maximum absolute atomic E-state index is 11.9. The molecule has 1 amide bonds. The molecule has 0 aliphatic carbocycles. The minimum atomic E-state index is -0.356. The summed E-state index contributed by atoms with van der Waals surface area (Å²) in [6, 6.07) is 18.4. The number of nitrogens with zero attached hydrogens (tertiary/aromatic N) is 2. The molecule has 0 spiro atoms. The Morgan fingerprint density at radius 3 is 2.43 bits per heavy atom. The minimum Gasteiger partial charge on any atom is -0.497 e. The van der Waals surface area contributed by atoms with Gasteiger partial charge in [0, 0.05) is 16.4 Å². The zero-order valence-corrected chi connectivity index (χ0v) is 16.3. The third-order valence-corrected chi connectivity index (χ3v) is 4.26. The van der Waals surface area contributed by atoms with Gasteiger partial charge in [-0.2, -0.15) is 5.10 Å². The van der Waals surface area contributed by atoms with Gasteiger partial charge in [-0.05, 0) is 67.6 Å². The highest BCUT2D eigenvalue weighted by molar-refractivity contribution is 6.30. The van der Waals surface area contributed by atoms with Crippen molar-refractivity contribution in [3.05, 3.63) is 77.1 Å². The topological polar surface area (TPSA) is 64.8 Å². The summed E-state index contributed by atoms with van der Waals surface area (Å²) >= 11 is 5.81. The summed E-state index contributed by atoms with van der Waals surface area (Å²) in [5.41, 5.74) is 5.32. The van der Waals surface area contributed by atoms with Crippen LogP contribution in [0.1, 0.15) is 11.4 Å². The maximum Gasteiger partial charge on any atom is 0.277 e. The molecule has 7 heteroatoms. The van der Waals surface area contributed by atoms with Crippen LogP contribution in [0, 0.1) is 6.92 Å². The minimum absolute atomic E-state index is 0.141. The first-order valence-corrected chi connectivity index (χ1v) is 8.97. The predicted molar refractivity (Wildman–Crippen MR) is 110 cm³/mol. The first kappa shape index (κ1) is 19.5. The van der Waals surface area contributed by atoms with E-state index in [1.54, 1.807) is 37.6 Å². The van der Waals surface area contributed by atoms with Gasteiger partial charge in [0.15, 0.2) is 6.61 Å². The lowest BCUT2D eigenvalue weighted by Gasteiger charge is -2.10. The summed E-state index contributed by atoms with van der Waals surface area (Å²) in [6.45, 7) is 1.86. The van der Waals surface area contributed by atoms with Crippen LogP contribution in [0.2, 0.25) is 5.02 Å². The van der Waals surface area contributed by atoms with Crippen LogP contribution in [-0.4, -0.2) is 30.4 Å². The number of aromatic nitrogens is 1. The van der Waals surface area contributed by atoms with E-state index in [1.165, 1.54) is 0 Å². The van der Waals surface area contributed by atoms with Crippen molar-refractivity contribution in [1.82, 2.24) is 9.99 Å². The first-order valence-electron chi connectivity index (χ1n) is 8.60. The molecular weight excluding hydrogens is 378 g/mol. The van der Waals surface area contributed by atoms with E-state index in [0.29, 0.717) is 10.8 Å². The average Bonchev–Trinajstić information content (AvgIpc) is 3.08. The van der Waals surface area contributed by atoms with Gasteiger partial charge in [-0.1, -0.05) is 11.6 Å². The van der Waals surface area contributed by atoms with Crippen molar-refractivity contribution in [2.45, 2.75) is 6.92 Å². The summed E-state index contributed by atoms with van der Waals surface area (Å²) in [6.07, 6.45) is 1.59. The summed E-state index contributed by atoms with van der Waals surface area (Å²) in [4.78, 5) is 11.9. The molecule has 0 fully saturated rings. The summed E-state index contributed by atoms with van der Waals surface area (Å²) in [7, 11) is 1.63. The fourth-order valence-electron chi connectivity index (χ4n) is 2.63. The molecule has 28 heavy (non-hydrogen) atoms. The number of carbonyl (C=O) groups excluding carboxylic acids is 1. The van der Waals surface area contributed by atoms with Crippen molar-refractivity contribution in [1.29, 1.82) is 0 Å². The molecule has 1 N–H and O–H groups in total. The number of methoxy groups -OCH3 is 1. The zero-order valence-electron chi connectivity index (χ0n) is 15.6. The third kappa shape index (κ3) is 4.92. The molecule has 0 unspecified atom stereocenters. The Morgan fingerprint density at radius 2 is 1.75 bits per heavy atom. The summed E-state index contributed by atoms with van der Waals surface area (Å²) in [5, 5.41) is 4.64. The molecule has 0 radical (unpaired) electrons. The molecule has 1 heterocycles. The number of nitrogens with one attached hydrogen (secondary N) is 1. The highest BCUT2D eigenvalue weighted by atomic mass is 35.5. The van der Waals surface area contributed by atoms with Crippen molar-refractivity contribution in [2.24, 2.45) is 5.10 Å². The maximum atomic E-state index is 11.9. The smallest absolute Gasteiger partial charge is 0.277 e. The SMILES string of the molecule is COc1ccc(-n2c(C)ccc2/C=N/NC(=O)COc2ccc(Cl)cc2)cc1. The van der Waals surface area contributed by atoms with E-state index in [1.807, 2.05) is 47.9 Å². The number of ether oxygens (including phenoxy) is 2. The fraction of sp³-hybridized carbons (Fsp3) is 0.143. The van der Waals surface area contributed by atoms with Crippen LogP contribution in [0.5, 0.6) is 11.5 Å². The second-order valence-corrected chi connectivity index (χ2v) is 6.41. The average molecular weight is 398 g/mol. The summed E-state index contributed by atoms with van der Waals surface area (Å²) in [5.74, 6) is 0.995. The van der Waals surface area contributed by atoms with Crippen LogP contribution in [0.15, 0.2) is 65.8 Å². The molecule has 2 aromatic carbocycles. The lowest BCUT2D eigenvalue weighted by atomic mass is 10.3. The Bertz CT molecular complexity index is 964. The highest BCUT2D eigenvalue weighted by Crippen LogP contribution is 2.19. The van der Waals surface area contributed by atoms with Crippen molar-refractivity contribution in [3.8, 4) is 17.2 Å². The number of carbonyl (C=O) groups is 1. The molecule has 0 bridgehead atoms. The molecular formula is C21H20ClN3O3. The molecule has 0 saturated carbocycles. The molecule has 3 aromatic rings. The molecule has 0 aliphatic rings. The van der Waals surface area contributed by atoms with Gasteiger partial charge in [-0.25, -0.2) is 5.43 Å². The molecule has 0 atom stereocenters. The van der Waals surface area contributed by atoms with E-state index < -0.39 is 0 Å². The first-order chi connectivity index (χ1) is 13.6. The van der Waals surface area contributed by atoms with Gasteiger partial charge < -0.3 is 14.0 Å². The normalized spacial score (nSPS) is 10.8. The fourth-order valence-corrected chi connectivity index (χ4v) is 2.75. The molecule has 0 aliphatic heterocycles. The van der Waals surface area contributed by atoms with Crippen molar-refractivity contribution < 1.29 is 14.3 Å². The molecule has 1 aromatic heterocycles. The van der Waals surface area contributed by atoms with Crippen LogP contribution < -0.4 is 14.9 Å². The van der Waals surface area contributed by atoms with Gasteiger partial charge in [0.25, 0.3) is 5.91 Å². The van der Waals surface area contributed by atoms with Gasteiger partial charge in [-0.3, -0.25) is 4.79 Å². The molecule has 144 valence electrons. The lowest BCUT2D eigenvalue weighted by molar-refractivity contribution is -0.123. The Hall–Kier alpha value is -3.25. The second kappa shape index (κ2) is 9.10. The van der Waals surface area contributed by atoms with E-state index in [4.69, 9.17) is 21.1 Å². The number of hydrogen-bond donors (Lipinski definition) is 1. The number of benzene rings is 2. The quantitative estimate of drug-likeness (QED) is 0.484. The highest BCUT2D eigenvalue weighted by Gasteiger charge is 2.07. The number of aryl methyl sites for hydroxylation is 1. The monoisotopic (exact) mass is 397 g/mol. The van der Waals surface area contributed by atoms with Crippen molar-refractivity contribution >= 4 is 23.7 Å². The van der Waals surface area contributed by atoms with Crippen LogP contribution in [-0.2, 0) is 4.79 Å². The second-order valence-electron chi connectivity index (χ2n) is 5.97. The number of rotatable bonds is 7. The Labute approximate surface area is 168 Å². The van der Waals surface area contributed by atoms with Crippen LogP contribution >= 0.6 is 11.6 Å². The number of hydrogen-bond acceptors (Lipinski definition) is 4. The van der Waals surface area contributed by atoms with Gasteiger partial charge in [-0.15, -0.1) is 0 Å². The van der Waals surface area contributed by atoms with Gasteiger partial charge in [0.05, 0.1) is 19.0 Å². The van der Waals surface area contributed by atoms with Gasteiger partial charge >= 0.3 is 0 Å². The standard InChI is InChI=1S/C21H20ClN3O3/c1-15-3-6-18(25(15)17-7-11-19(27-2)12-8-17)13-23-24-21(26)14-28-20-9-4-16(22)5-10-20/h3-13H,14H2,1-2H3,(H,24,26)/b23-13+. The van der Waals surface area contributed by atoms with Crippen LogP contribution in [0.4, 0.5) is 0 Å². The van der Waals surface area contributed by atoms with E-state index in [0.717, 1.165) is 22.8 Å². The lowest BCUT2D eigenvalue weighted by Crippen LogP contribution is -2.24. The van der Waals surface area contributed by atoms with E-state index in [2.05, 4.69) is 10.5 Å². The van der Waals surface area contributed by atoms with Crippen LogP contribution in [0.25, 0.3) is 5.69 Å². The Morgan fingerprint density at radius 1 is 1.07 bits per heavy atom. The number of hydrazone groups is 1. The third-order valence-electron chi connectivity index (χ3n) is 4.01. The Balaban J connectivity index is 1.61. The van der Waals surface area contributed by atoms with E-state index >= 15 is 0 Å². The van der Waals surface area contributed by atoms with E-state index in [-0.39, 0.29) is 12.5 Å². The number of halogens is 1. The molecule has 0 saturated heterocycles. The van der Waals surface area contributed by atoms with Crippen molar-refractivity contribution in [3.63, 3.8) is 0 Å². The van der Waals surface area contributed by atoms with Gasteiger partial charge in [0.1, 0.15) is 11.5 Å². The molecule has 6 nitrogen and oxygen atoms in total. The van der Waals surface area contributed by atoms with Gasteiger partial charge in [0.2, 0.25) is 0 Å². The van der Waals surface area contributed by atoms with Crippen molar-refractivity contribution in [2.75, 3.05) is 13.7 Å². The largest absolute Gasteiger partial charge is 0.497 e. The molecule has 3 rings (SSSR count). The number of amides is 1. The van der Waals surface area contributed by atoms with Crippen LogP contribution in [0.3, 0.4) is 0 Å². The Kier molecular flexibility index (Phi) is 6.34. The summed E-state index contributed by atoms with van der Waals surface area (Å²) < 4.78 is 12.6. The van der Waals surface area contributed by atoms with E-state index in [9.17, 15) is 4.79 Å². The predicted octanol–water partition coefficient (Wildman–Crippen LogP) is 3.98.